The van der Waals surface area contributed by atoms with Gasteiger partial charge in [-0.15, -0.1) is 0 Å². The quantitative estimate of drug-likeness (QED) is 0.0332. The Morgan fingerprint density at radius 1 is 0.487 bits per heavy atom. The summed E-state index contributed by atoms with van der Waals surface area (Å²) in [5.41, 5.74) is 5.92. The number of rotatable bonds is 28. The number of hydrogen-bond donors (Lipinski definition) is 4. The van der Waals surface area contributed by atoms with Crippen LogP contribution in [0.3, 0.4) is 0 Å². The number of ketones is 4. The second-order valence-electron chi connectivity index (χ2n) is 32.6. The molecule has 21 rings (SSSR count). The molecular weight excluding hydrogens is 1550 g/mol. The molecule has 20 nitrogen and oxygen atoms in total. The zero-order valence-corrected chi connectivity index (χ0v) is 66.1. The van der Waals surface area contributed by atoms with E-state index >= 15 is 0 Å². The zero-order chi connectivity index (χ0) is 80.0. The third kappa shape index (κ3) is 17.8. The topological polar surface area (TPSA) is 280 Å². The van der Waals surface area contributed by atoms with Crippen molar-refractivity contribution in [2.24, 2.45) is 21.7 Å². The molecule has 8 bridgehead atoms. The van der Waals surface area contributed by atoms with Gasteiger partial charge in [0.15, 0.2) is 47.7 Å². The molecule has 12 aliphatic rings. The van der Waals surface area contributed by atoms with Gasteiger partial charge in [0, 0.05) is 86.8 Å². The molecule has 3 amide bonds. The maximum Gasteiger partial charge on any atom is 0.296 e. The zero-order valence-electron chi connectivity index (χ0n) is 62.3. The van der Waals surface area contributed by atoms with Gasteiger partial charge in [-0.1, -0.05) is 70.1 Å². The number of aromatic nitrogens is 2. The first-order valence-electron chi connectivity index (χ1n) is 37.0. The lowest BCUT2D eigenvalue weighted by Gasteiger charge is -2.70. The number of oxazole rings is 1. The van der Waals surface area contributed by atoms with Crippen LogP contribution in [0.15, 0.2) is 155 Å². The Hall–Kier alpha value is -9.89. The molecule has 12 fully saturated rings. The SMILES string of the molecule is Cc1cc(OCC(=O)CC23CC(NC(=O)c4cccc(C#N)c4)(C2)C3)ccc1Cl.Cc1cc(OCC(=O)CC23CC(Nc4nc5cc(Cl)ccc5o4)(C2)C3)ccc1Cl.Cc1cccnc1C(=O)CC12CC(NC(=O)COc3ccc(Cl)c(F)c3)(C1)C2.Cc1ccoc1C(=O)CC12CC(NC(=O)COc3ccc(Cl)c(F)c3)(C1)C2. The van der Waals surface area contributed by atoms with E-state index in [0.29, 0.717) is 86.4 Å². The van der Waals surface area contributed by atoms with Gasteiger partial charge in [0.05, 0.1) is 27.9 Å². The van der Waals surface area contributed by atoms with Gasteiger partial charge in [0.2, 0.25) is 0 Å². The minimum atomic E-state index is -0.590. The minimum Gasteiger partial charge on any atom is -0.486 e. The number of nitrogens with zero attached hydrogens (tertiary/aromatic N) is 3. The Bertz CT molecular complexity index is 5270. The number of amides is 3. The van der Waals surface area contributed by atoms with Gasteiger partial charge < -0.3 is 49.0 Å². The number of anilines is 1. The van der Waals surface area contributed by atoms with E-state index in [1.165, 1.54) is 30.5 Å². The summed E-state index contributed by atoms with van der Waals surface area (Å²) in [7, 11) is 0. The predicted molar refractivity (Wildman–Crippen MR) is 420 cm³/mol. The monoisotopic (exact) mass is 1630 g/mol. The van der Waals surface area contributed by atoms with Crippen LogP contribution in [0.1, 0.15) is 162 Å². The van der Waals surface area contributed by atoms with Crippen molar-refractivity contribution >= 4 is 116 Å². The van der Waals surface area contributed by atoms with E-state index in [9.17, 15) is 42.3 Å². The predicted octanol–water partition coefficient (Wildman–Crippen LogP) is 18.0. The van der Waals surface area contributed by atoms with E-state index in [1.807, 2.05) is 64.1 Å². The first kappa shape index (κ1) is 79.7. The van der Waals surface area contributed by atoms with E-state index < -0.39 is 11.6 Å². The number of nitrogens with one attached hydrogen (secondary N) is 4. The Labute approximate surface area is 675 Å². The molecule has 12 saturated carbocycles. The van der Waals surface area contributed by atoms with E-state index in [1.54, 1.807) is 72.9 Å². The van der Waals surface area contributed by atoms with Crippen LogP contribution in [0, 0.1) is 72.3 Å². The van der Waals surface area contributed by atoms with Crippen LogP contribution in [-0.2, 0) is 19.2 Å². The highest BCUT2D eigenvalue weighted by Crippen LogP contribution is 2.72. The summed E-state index contributed by atoms with van der Waals surface area (Å²) in [6.07, 6.45) is 15.1. The van der Waals surface area contributed by atoms with Crippen molar-refractivity contribution in [3.63, 3.8) is 0 Å². The molecule has 0 unspecified atom stereocenters. The molecule has 0 saturated heterocycles. The smallest absolute Gasteiger partial charge is 0.296 e. The third-order valence-electron chi connectivity index (χ3n) is 22.9. The molecule has 12 aliphatic carbocycles. The van der Waals surface area contributed by atoms with Crippen molar-refractivity contribution in [2.75, 3.05) is 31.7 Å². The van der Waals surface area contributed by atoms with Crippen LogP contribution in [0.2, 0.25) is 25.1 Å². The number of fused-ring (bicyclic) bond motifs is 1. The van der Waals surface area contributed by atoms with Crippen molar-refractivity contribution in [3.05, 3.63) is 228 Å². The number of carbonyl (C=O) groups is 7. The van der Waals surface area contributed by atoms with Crippen molar-refractivity contribution in [1.29, 1.82) is 5.26 Å². The van der Waals surface area contributed by atoms with Gasteiger partial charge >= 0.3 is 0 Å². The summed E-state index contributed by atoms with van der Waals surface area (Å²) in [5.74, 6) is 0.668. The van der Waals surface area contributed by atoms with Gasteiger partial charge in [-0.2, -0.15) is 10.2 Å². The lowest BCUT2D eigenvalue weighted by Crippen LogP contribution is -2.75. The molecule has 113 heavy (non-hydrogen) atoms. The Morgan fingerprint density at radius 2 is 0.956 bits per heavy atom. The normalized spacial score (nSPS) is 24.6. The molecule has 0 radical (unpaired) electrons. The first-order valence-corrected chi connectivity index (χ1v) is 38.9. The van der Waals surface area contributed by atoms with Crippen molar-refractivity contribution in [1.82, 2.24) is 25.9 Å². The summed E-state index contributed by atoms with van der Waals surface area (Å²) in [4.78, 5) is 95.0. The molecule has 0 aliphatic heterocycles. The molecule has 9 aromatic rings. The van der Waals surface area contributed by atoms with Crippen molar-refractivity contribution < 1.29 is 70.1 Å². The summed E-state index contributed by atoms with van der Waals surface area (Å²) in [5, 5.41) is 23.5. The molecule has 6 aromatic carbocycles. The van der Waals surface area contributed by atoms with Crippen LogP contribution in [0.4, 0.5) is 14.8 Å². The highest BCUT2D eigenvalue weighted by atomic mass is 35.5. The average molecular weight is 1630 g/mol. The molecule has 0 spiro atoms. The minimum absolute atomic E-state index is 0.000894. The molecule has 586 valence electrons. The van der Waals surface area contributed by atoms with Crippen LogP contribution in [-0.4, -0.2) is 99.4 Å². The van der Waals surface area contributed by atoms with E-state index in [4.69, 9.17) is 91.0 Å². The number of aryl methyl sites for hydroxylation is 4. The average Bonchev–Trinajstić information content (AvgIpc) is 0.725. The van der Waals surface area contributed by atoms with E-state index in [2.05, 4.69) is 31.2 Å². The second kappa shape index (κ2) is 31.5. The Kier molecular flexibility index (Phi) is 22.2. The molecule has 3 heterocycles. The fraction of sp³-hybridized carbons (Fsp3) is 0.372. The number of Topliss-reactive ketones (excluding diaryl/α,β-unsaturated/α-hetero) is 4. The highest BCUT2D eigenvalue weighted by Gasteiger charge is 2.71. The summed E-state index contributed by atoms with van der Waals surface area (Å²) < 4.78 is 59.7. The van der Waals surface area contributed by atoms with Crippen LogP contribution >= 0.6 is 58.0 Å². The number of benzene rings is 6. The van der Waals surface area contributed by atoms with Crippen LogP contribution < -0.4 is 40.2 Å². The first-order chi connectivity index (χ1) is 53.8. The maximum absolute atomic E-state index is 13.4. The third-order valence-corrected chi connectivity index (χ3v) is 24.6. The van der Waals surface area contributed by atoms with E-state index in [0.717, 1.165) is 117 Å². The largest absolute Gasteiger partial charge is 0.486 e. The number of hydrogen-bond acceptors (Lipinski definition) is 17. The Balaban J connectivity index is 0.000000125. The van der Waals surface area contributed by atoms with Gasteiger partial charge in [0.25, 0.3) is 23.7 Å². The van der Waals surface area contributed by atoms with Crippen LogP contribution in [0.25, 0.3) is 11.1 Å². The highest BCUT2D eigenvalue weighted by molar-refractivity contribution is 6.32. The fourth-order valence-electron chi connectivity index (χ4n) is 18.6. The van der Waals surface area contributed by atoms with Gasteiger partial charge in [-0.05, 0) is 258 Å². The second-order valence-corrected chi connectivity index (χ2v) is 34.7. The lowest BCUT2D eigenvalue weighted by molar-refractivity contribution is -0.165. The Morgan fingerprint density at radius 3 is 1.43 bits per heavy atom. The number of ether oxygens (including phenoxy) is 4. The van der Waals surface area contributed by atoms with Crippen molar-refractivity contribution in [3.8, 4) is 29.1 Å². The number of carbonyl (C=O) groups excluding carboxylic acids is 7. The summed E-state index contributed by atoms with van der Waals surface area (Å²) in [6, 6.07) is 39.0. The van der Waals surface area contributed by atoms with Gasteiger partial charge in [-0.3, -0.25) is 38.5 Å². The number of nitriles is 1. The molecule has 3 aromatic heterocycles. The number of halogens is 7. The van der Waals surface area contributed by atoms with Gasteiger partial charge in [0.1, 0.15) is 59.1 Å². The van der Waals surface area contributed by atoms with Gasteiger partial charge in [-0.25, -0.2) is 8.78 Å². The molecular formula is C86H80Cl5F2N7O13. The lowest BCUT2D eigenvalue weighted by atomic mass is 9.38. The molecule has 27 heteroatoms. The summed E-state index contributed by atoms with van der Waals surface area (Å²) in [6.45, 7) is 7.30. The molecule has 4 N–H and O–H groups in total. The van der Waals surface area contributed by atoms with Crippen molar-refractivity contribution in [2.45, 2.75) is 153 Å². The van der Waals surface area contributed by atoms with Crippen LogP contribution in [0.5, 0.6) is 23.0 Å². The standard InChI is InChI=1S/C23H21ClN2O3.C22H20Cl2N2O3.C21H20ClFN2O3.C20H19ClFNO4/c1-15-7-19(5-6-20(15)24)29-11-18(27)9-22-12-23(13-22,14-22)26-21(28)17-4-2-3-16(8-17)10-25;1-13-6-16(3-4-17(13)24)28-9-15(27)8-21-10-22(11-21,12-21)26-20-25-18-7-14(23)2-5-19(18)29-20;1-13-3-2-6-24-19(13)17(26)8-20-10-21(11-20,12-20)25-18(27)9-28-14-4-5-15(22)16(23)7-14;1-12-4-5-26-18(12)16(24)7-19-9-20(10-19,11-19)23-17(25)8-27-13-2-3-14(21)15(22)6-13/h2-8H,9,11-14H2,1H3,(H,26,28);2-7H,8-12H2,1H3,(H,25,26);2-7H,8-12H2,1H3,(H,25,27);2-6H,7-11H2,1H3,(H,23,25). The number of furan rings is 1. The fourth-order valence-corrected chi connectivity index (χ4v) is 19.2. The maximum atomic E-state index is 13.4. The number of pyridine rings is 1. The van der Waals surface area contributed by atoms with E-state index in [-0.39, 0.29) is 133 Å². The summed E-state index contributed by atoms with van der Waals surface area (Å²) >= 11 is 29.3. The molecule has 0 atom stereocenters.